The number of fused-ring (bicyclic) bond motifs is 1. The Morgan fingerprint density at radius 2 is 1.88 bits per heavy atom. The second kappa shape index (κ2) is 9.80. The molecule has 2 atom stereocenters. The Morgan fingerprint density at radius 3 is 2.61 bits per heavy atom. The first-order chi connectivity index (χ1) is 15.8. The average Bonchev–Trinajstić information content (AvgIpc) is 3.44. The molecule has 3 aromatic rings. The molecule has 33 heavy (non-hydrogen) atoms. The fraction of sp³-hybridized carbons (Fsp3) is 0.348. The zero-order valence-corrected chi connectivity index (χ0v) is 19.7. The van der Waals surface area contributed by atoms with Gasteiger partial charge in [0.1, 0.15) is 5.82 Å². The van der Waals surface area contributed by atoms with Crippen molar-refractivity contribution in [1.82, 2.24) is 25.0 Å². The van der Waals surface area contributed by atoms with Gasteiger partial charge in [0, 0.05) is 12.2 Å². The second-order valence-electron chi connectivity index (χ2n) is 7.96. The van der Waals surface area contributed by atoms with E-state index in [1.54, 1.807) is 12.1 Å². The monoisotopic (exact) mass is 471 g/mol. The molecule has 0 saturated heterocycles. The molecule has 1 amide bonds. The molecule has 2 heterocycles. The molecule has 1 aliphatic heterocycles. The highest BCUT2D eigenvalue weighted by Gasteiger charge is 2.24. The molecule has 174 valence electrons. The predicted octanol–water partition coefficient (Wildman–Crippen LogP) is 3.55. The van der Waals surface area contributed by atoms with Crippen LogP contribution in [0.1, 0.15) is 31.3 Å². The van der Waals surface area contributed by atoms with Gasteiger partial charge in [-0.3, -0.25) is 14.3 Å². The molecule has 0 unspecified atom stereocenters. The molecule has 0 bridgehead atoms. The molecule has 4 rings (SSSR count). The summed E-state index contributed by atoms with van der Waals surface area (Å²) in [5, 5.41) is 11.8. The van der Waals surface area contributed by atoms with Crippen LogP contribution in [0.15, 0.2) is 47.6 Å². The van der Waals surface area contributed by atoms with Gasteiger partial charge in [0.2, 0.25) is 12.7 Å². The molecule has 8 nitrogen and oxygen atoms in total. The lowest BCUT2D eigenvalue weighted by molar-refractivity contribution is -0.120. The molecular weight excluding hydrogens is 445 g/mol. The fourth-order valence-corrected chi connectivity index (χ4v) is 4.19. The van der Waals surface area contributed by atoms with Gasteiger partial charge >= 0.3 is 0 Å². The van der Waals surface area contributed by atoms with Crippen LogP contribution in [0.5, 0.6) is 11.5 Å². The number of thioether (sulfide) groups is 1. The molecule has 0 spiro atoms. The maximum atomic E-state index is 13.5. The normalized spacial score (nSPS) is 14.4. The third-order valence-corrected chi connectivity index (χ3v) is 6.49. The van der Waals surface area contributed by atoms with Crippen LogP contribution >= 0.6 is 11.8 Å². The Hall–Kier alpha value is -3.11. The third kappa shape index (κ3) is 5.12. The molecule has 1 aromatic heterocycles. The van der Waals surface area contributed by atoms with Gasteiger partial charge in [0.15, 0.2) is 22.5 Å². The third-order valence-electron chi connectivity index (χ3n) is 5.45. The van der Waals surface area contributed by atoms with Crippen molar-refractivity contribution in [3.05, 3.63) is 59.7 Å². The zero-order chi connectivity index (χ0) is 23.5. The summed E-state index contributed by atoms with van der Waals surface area (Å²) in [6.45, 7) is 4.41. The number of benzene rings is 2. The van der Waals surface area contributed by atoms with Crippen molar-refractivity contribution in [2.75, 3.05) is 20.9 Å². The zero-order valence-electron chi connectivity index (χ0n) is 18.9. The van der Waals surface area contributed by atoms with Crippen LogP contribution in [-0.4, -0.2) is 51.7 Å². The quantitative estimate of drug-likeness (QED) is 0.503. The summed E-state index contributed by atoms with van der Waals surface area (Å²) in [7, 11) is 3.90. The van der Waals surface area contributed by atoms with E-state index < -0.39 is 5.25 Å². The van der Waals surface area contributed by atoms with Crippen LogP contribution < -0.4 is 14.8 Å². The molecular formula is C23H26FN5O3S. The molecule has 0 radical (unpaired) electrons. The van der Waals surface area contributed by atoms with Gasteiger partial charge in [-0.15, -0.1) is 10.2 Å². The van der Waals surface area contributed by atoms with Crippen molar-refractivity contribution in [3.63, 3.8) is 0 Å². The van der Waals surface area contributed by atoms with Gasteiger partial charge in [-0.05, 0) is 69.9 Å². The lowest BCUT2D eigenvalue weighted by atomic mass is 10.2. The summed E-state index contributed by atoms with van der Waals surface area (Å²) < 4.78 is 26.1. The highest BCUT2D eigenvalue weighted by atomic mass is 32.2. The van der Waals surface area contributed by atoms with Crippen LogP contribution in [0, 0.1) is 5.82 Å². The number of hydrogen-bond acceptors (Lipinski definition) is 7. The lowest BCUT2D eigenvalue weighted by Gasteiger charge is -2.21. The summed E-state index contributed by atoms with van der Waals surface area (Å²) in [4.78, 5) is 14.8. The van der Waals surface area contributed by atoms with E-state index in [2.05, 4.69) is 15.5 Å². The van der Waals surface area contributed by atoms with E-state index in [0.717, 1.165) is 11.3 Å². The fourth-order valence-electron chi connectivity index (χ4n) is 3.29. The summed E-state index contributed by atoms with van der Waals surface area (Å²) in [6.07, 6.45) is 0. The maximum Gasteiger partial charge on any atom is 0.233 e. The Labute approximate surface area is 196 Å². The Balaban J connectivity index is 1.49. The minimum atomic E-state index is -0.426. The van der Waals surface area contributed by atoms with Crippen molar-refractivity contribution in [2.24, 2.45) is 0 Å². The number of ether oxygens (including phenoxy) is 2. The van der Waals surface area contributed by atoms with E-state index in [4.69, 9.17) is 9.47 Å². The van der Waals surface area contributed by atoms with Crippen molar-refractivity contribution >= 4 is 17.7 Å². The topological polar surface area (TPSA) is 81.5 Å². The summed E-state index contributed by atoms with van der Waals surface area (Å²) >= 11 is 1.30. The number of nitrogens with one attached hydrogen (secondary N) is 1. The van der Waals surface area contributed by atoms with E-state index in [9.17, 15) is 9.18 Å². The van der Waals surface area contributed by atoms with Gasteiger partial charge in [0.25, 0.3) is 0 Å². The largest absolute Gasteiger partial charge is 0.454 e. The molecule has 0 saturated carbocycles. The van der Waals surface area contributed by atoms with Gasteiger partial charge < -0.3 is 14.8 Å². The smallest absolute Gasteiger partial charge is 0.233 e. The molecule has 0 fully saturated rings. The van der Waals surface area contributed by atoms with Crippen LogP contribution in [0.4, 0.5) is 4.39 Å². The number of carbonyl (C=O) groups is 1. The van der Waals surface area contributed by atoms with E-state index in [1.807, 2.05) is 55.6 Å². The first-order valence-electron chi connectivity index (χ1n) is 10.5. The summed E-state index contributed by atoms with van der Waals surface area (Å²) in [5.74, 6) is 1.64. The minimum Gasteiger partial charge on any atom is -0.454 e. The van der Waals surface area contributed by atoms with Crippen LogP contribution in [0.2, 0.25) is 0 Å². The van der Waals surface area contributed by atoms with Crippen LogP contribution in [-0.2, 0) is 11.3 Å². The Bertz CT molecular complexity index is 1140. The first kappa shape index (κ1) is 23.1. The number of hydrogen-bond donors (Lipinski definition) is 1. The second-order valence-corrected chi connectivity index (χ2v) is 9.27. The minimum absolute atomic E-state index is 0.0351. The Morgan fingerprint density at radius 1 is 1.15 bits per heavy atom. The number of amides is 1. The van der Waals surface area contributed by atoms with Crippen molar-refractivity contribution < 1.29 is 18.7 Å². The number of carbonyl (C=O) groups excluding carboxylic acids is 1. The van der Waals surface area contributed by atoms with E-state index in [-0.39, 0.29) is 24.6 Å². The van der Waals surface area contributed by atoms with Gasteiger partial charge in [-0.25, -0.2) is 4.39 Å². The SMILES string of the molecule is C[C@H](Sc1nnc([C@@H](C)N(C)C)n1-c1ccc(F)cc1)C(=O)NCc1ccc2c(c1)OCO2. The first-order valence-corrected chi connectivity index (χ1v) is 11.4. The van der Waals surface area contributed by atoms with E-state index >= 15 is 0 Å². The molecule has 1 N–H and O–H groups in total. The standard InChI is InChI=1S/C23H26FN5O3S/c1-14(28(3)4)21-26-27-23(29(21)18-8-6-17(24)7-9-18)33-15(2)22(30)25-12-16-5-10-19-20(11-16)32-13-31-19/h5-11,14-15H,12-13H2,1-4H3,(H,25,30)/t14-,15+/m1/s1. The summed E-state index contributed by atoms with van der Waals surface area (Å²) in [6, 6.07) is 11.7. The van der Waals surface area contributed by atoms with Crippen LogP contribution in [0.25, 0.3) is 5.69 Å². The maximum absolute atomic E-state index is 13.5. The van der Waals surface area contributed by atoms with Crippen molar-refractivity contribution in [3.8, 4) is 17.2 Å². The molecule has 0 aliphatic carbocycles. The number of aromatic nitrogens is 3. The van der Waals surface area contributed by atoms with Gasteiger partial charge in [0.05, 0.1) is 11.3 Å². The summed E-state index contributed by atoms with van der Waals surface area (Å²) in [5.41, 5.74) is 1.65. The molecule has 1 aliphatic rings. The molecule has 10 heteroatoms. The van der Waals surface area contributed by atoms with E-state index in [1.165, 1.54) is 23.9 Å². The predicted molar refractivity (Wildman–Crippen MR) is 123 cm³/mol. The highest BCUT2D eigenvalue weighted by Crippen LogP contribution is 2.33. The molecule has 2 aromatic carbocycles. The van der Waals surface area contributed by atoms with Gasteiger partial charge in [-0.2, -0.15) is 0 Å². The number of nitrogens with zero attached hydrogens (tertiary/aromatic N) is 4. The number of rotatable bonds is 8. The van der Waals surface area contributed by atoms with Crippen molar-refractivity contribution in [1.29, 1.82) is 0 Å². The Kier molecular flexibility index (Phi) is 6.85. The van der Waals surface area contributed by atoms with Crippen LogP contribution in [0.3, 0.4) is 0 Å². The van der Waals surface area contributed by atoms with E-state index in [0.29, 0.717) is 29.0 Å². The van der Waals surface area contributed by atoms with Gasteiger partial charge in [-0.1, -0.05) is 17.8 Å². The highest BCUT2D eigenvalue weighted by molar-refractivity contribution is 8.00. The number of halogens is 1. The van der Waals surface area contributed by atoms with Crippen molar-refractivity contribution in [2.45, 2.75) is 36.8 Å². The average molecular weight is 472 g/mol. The lowest BCUT2D eigenvalue weighted by Crippen LogP contribution is -2.30.